The second-order valence-electron chi connectivity index (χ2n) is 5.45. The van der Waals surface area contributed by atoms with Crippen LogP contribution in [0.4, 0.5) is 0 Å². The third kappa shape index (κ3) is 2.40. The molecule has 0 amide bonds. The average Bonchev–Trinajstić information content (AvgIpc) is 2.75. The van der Waals surface area contributed by atoms with Gasteiger partial charge >= 0.3 is 5.97 Å². The largest absolute Gasteiger partial charge is 0.465 e. The molecule has 5 nitrogen and oxygen atoms in total. The van der Waals surface area contributed by atoms with Crippen molar-refractivity contribution < 1.29 is 14.1 Å². The molecular formula is C13H20N2O3. The van der Waals surface area contributed by atoms with E-state index in [1.54, 1.807) is 6.92 Å². The van der Waals surface area contributed by atoms with Gasteiger partial charge in [0.05, 0.1) is 6.61 Å². The van der Waals surface area contributed by atoms with Gasteiger partial charge in [0.15, 0.2) is 5.82 Å². The standard InChI is InChI=1S/C13H20N2O3/c1-5-8(12(16)17-6-2)11-14-10(15-18-11)9-7-13(9,3)4/h8-9H,5-7H2,1-4H3. The van der Waals surface area contributed by atoms with Gasteiger partial charge in [-0.3, -0.25) is 4.79 Å². The molecule has 1 aromatic rings. The molecule has 5 heteroatoms. The lowest BCUT2D eigenvalue weighted by Crippen LogP contribution is -2.15. The minimum atomic E-state index is -0.437. The van der Waals surface area contributed by atoms with E-state index in [4.69, 9.17) is 9.26 Å². The predicted octanol–water partition coefficient (Wildman–Crippen LogP) is 2.64. The van der Waals surface area contributed by atoms with E-state index in [2.05, 4.69) is 24.0 Å². The fourth-order valence-electron chi connectivity index (χ4n) is 2.12. The fourth-order valence-corrected chi connectivity index (χ4v) is 2.12. The second kappa shape index (κ2) is 4.71. The minimum Gasteiger partial charge on any atom is -0.465 e. The molecule has 1 aromatic heterocycles. The van der Waals surface area contributed by atoms with E-state index >= 15 is 0 Å². The first kappa shape index (κ1) is 13.1. The molecule has 1 heterocycles. The van der Waals surface area contributed by atoms with Crippen LogP contribution in [0.5, 0.6) is 0 Å². The normalized spacial score (nSPS) is 22.6. The Morgan fingerprint density at radius 2 is 2.22 bits per heavy atom. The van der Waals surface area contributed by atoms with Crippen LogP contribution in [0.1, 0.15) is 64.1 Å². The van der Waals surface area contributed by atoms with Gasteiger partial charge in [0.1, 0.15) is 5.92 Å². The molecule has 0 bridgehead atoms. The number of nitrogens with zero attached hydrogens (tertiary/aromatic N) is 2. The lowest BCUT2D eigenvalue weighted by Gasteiger charge is -2.08. The predicted molar refractivity (Wildman–Crippen MR) is 65.1 cm³/mol. The lowest BCUT2D eigenvalue weighted by molar-refractivity contribution is -0.145. The number of ether oxygens (including phenoxy) is 1. The number of carbonyl (C=O) groups is 1. The van der Waals surface area contributed by atoms with Gasteiger partial charge in [-0.1, -0.05) is 25.9 Å². The highest BCUT2D eigenvalue weighted by molar-refractivity contribution is 5.76. The Hall–Kier alpha value is -1.39. The van der Waals surface area contributed by atoms with Crippen molar-refractivity contribution in [2.24, 2.45) is 5.41 Å². The zero-order valence-corrected chi connectivity index (χ0v) is 11.4. The molecule has 0 spiro atoms. The first-order chi connectivity index (χ1) is 8.49. The highest BCUT2D eigenvalue weighted by Crippen LogP contribution is 2.57. The van der Waals surface area contributed by atoms with Crippen molar-refractivity contribution >= 4 is 5.97 Å². The van der Waals surface area contributed by atoms with Gasteiger partial charge in [0.2, 0.25) is 5.89 Å². The van der Waals surface area contributed by atoms with Gasteiger partial charge in [0, 0.05) is 5.92 Å². The molecule has 2 atom stereocenters. The summed E-state index contributed by atoms with van der Waals surface area (Å²) in [5.74, 6) is 0.736. The summed E-state index contributed by atoms with van der Waals surface area (Å²) in [4.78, 5) is 16.1. The summed E-state index contributed by atoms with van der Waals surface area (Å²) in [6.07, 6.45) is 1.68. The van der Waals surface area contributed by atoms with Gasteiger partial charge in [-0.15, -0.1) is 0 Å². The van der Waals surface area contributed by atoms with Crippen molar-refractivity contribution in [3.05, 3.63) is 11.7 Å². The number of carbonyl (C=O) groups excluding carboxylic acids is 1. The van der Waals surface area contributed by atoms with Crippen LogP contribution < -0.4 is 0 Å². The van der Waals surface area contributed by atoms with Crippen LogP contribution in [0.2, 0.25) is 0 Å². The lowest BCUT2D eigenvalue weighted by atomic mass is 10.1. The molecular weight excluding hydrogens is 232 g/mol. The molecule has 1 aliphatic carbocycles. The molecule has 2 unspecified atom stereocenters. The third-order valence-electron chi connectivity index (χ3n) is 3.56. The molecule has 0 N–H and O–H groups in total. The Balaban J connectivity index is 2.11. The fraction of sp³-hybridized carbons (Fsp3) is 0.769. The first-order valence-electron chi connectivity index (χ1n) is 6.49. The topological polar surface area (TPSA) is 65.2 Å². The van der Waals surface area contributed by atoms with Crippen LogP contribution in [0.3, 0.4) is 0 Å². The maximum absolute atomic E-state index is 11.7. The summed E-state index contributed by atoms with van der Waals surface area (Å²) in [5.41, 5.74) is 0.257. The van der Waals surface area contributed by atoms with Gasteiger partial charge in [0.25, 0.3) is 0 Å². The van der Waals surface area contributed by atoms with Crippen LogP contribution in [-0.4, -0.2) is 22.7 Å². The zero-order chi connectivity index (χ0) is 13.3. The Labute approximate surface area is 107 Å². The number of hydrogen-bond acceptors (Lipinski definition) is 5. The Kier molecular flexibility index (Phi) is 3.41. The quantitative estimate of drug-likeness (QED) is 0.754. The zero-order valence-electron chi connectivity index (χ0n) is 11.4. The van der Waals surface area contributed by atoms with Gasteiger partial charge in [-0.25, -0.2) is 0 Å². The molecule has 18 heavy (non-hydrogen) atoms. The highest BCUT2D eigenvalue weighted by atomic mass is 16.5. The van der Waals surface area contributed by atoms with Crippen molar-refractivity contribution in [1.29, 1.82) is 0 Å². The summed E-state index contributed by atoms with van der Waals surface area (Å²) in [6, 6.07) is 0. The number of hydrogen-bond donors (Lipinski definition) is 0. The number of aromatic nitrogens is 2. The second-order valence-corrected chi connectivity index (χ2v) is 5.45. The van der Waals surface area contributed by atoms with Crippen molar-refractivity contribution in [1.82, 2.24) is 10.1 Å². The maximum Gasteiger partial charge on any atom is 0.318 e. The van der Waals surface area contributed by atoms with E-state index in [1.807, 2.05) is 6.92 Å². The summed E-state index contributed by atoms with van der Waals surface area (Å²) in [6.45, 7) is 8.42. The SMILES string of the molecule is CCOC(=O)C(CC)c1nc(C2CC2(C)C)no1. The Bertz CT molecular complexity index is 439. The number of rotatable bonds is 5. The van der Waals surface area contributed by atoms with Crippen molar-refractivity contribution in [3.63, 3.8) is 0 Å². The van der Waals surface area contributed by atoms with Crippen LogP contribution >= 0.6 is 0 Å². The van der Waals surface area contributed by atoms with E-state index in [-0.39, 0.29) is 11.4 Å². The van der Waals surface area contributed by atoms with Crippen LogP contribution in [0.15, 0.2) is 4.52 Å². The summed E-state index contributed by atoms with van der Waals surface area (Å²) in [7, 11) is 0. The summed E-state index contributed by atoms with van der Waals surface area (Å²) in [5, 5.41) is 3.99. The summed E-state index contributed by atoms with van der Waals surface area (Å²) >= 11 is 0. The van der Waals surface area contributed by atoms with Gasteiger partial charge in [-0.2, -0.15) is 4.98 Å². The molecule has 0 saturated heterocycles. The molecule has 1 aliphatic rings. The van der Waals surface area contributed by atoms with E-state index in [0.29, 0.717) is 24.8 Å². The van der Waals surface area contributed by atoms with E-state index in [9.17, 15) is 4.79 Å². The van der Waals surface area contributed by atoms with Crippen molar-refractivity contribution in [3.8, 4) is 0 Å². The van der Waals surface area contributed by atoms with Crippen LogP contribution in [0.25, 0.3) is 0 Å². The van der Waals surface area contributed by atoms with E-state index in [1.165, 1.54) is 0 Å². The average molecular weight is 252 g/mol. The smallest absolute Gasteiger partial charge is 0.318 e. The highest BCUT2D eigenvalue weighted by Gasteiger charge is 2.49. The maximum atomic E-state index is 11.7. The Morgan fingerprint density at radius 1 is 1.56 bits per heavy atom. The van der Waals surface area contributed by atoms with E-state index in [0.717, 1.165) is 12.2 Å². The minimum absolute atomic E-state index is 0.257. The molecule has 0 aromatic carbocycles. The van der Waals surface area contributed by atoms with E-state index < -0.39 is 5.92 Å². The monoisotopic (exact) mass is 252 g/mol. The molecule has 0 radical (unpaired) electrons. The molecule has 100 valence electrons. The number of esters is 1. The molecule has 1 fully saturated rings. The first-order valence-corrected chi connectivity index (χ1v) is 6.49. The van der Waals surface area contributed by atoms with Gasteiger partial charge in [-0.05, 0) is 25.2 Å². The third-order valence-corrected chi connectivity index (χ3v) is 3.56. The summed E-state index contributed by atoms with van der Waals surface area (Å²) < 4.78 is 10.2. The van der Waals surface area contributed by atoms with Crippen molar-refractivity contribution in [2.75, 3.05) is 6.61 Å². The van der Waals surface area contributed by atoms with Gasteiger partial charge < -0.3 is 9.26 Å². The van der Waals surface area contributed by atoms with Crippen LogP contribution in [-0.2, 0) is 9.53 Å². The van der Waals surface area contributed by atoms with Crippen LogP contribution in [0, 0.1) is 5.41 Å². The Morgan fingerprint density at radius 3 is 2.72 bits per heavy atom. The van der Waals surface area contributed by atoms with Crippen molar-refractivity contribution in [2.45, 2.75) is 52.4 Å². The molecule has 1 saturated carbocycles. The molecule has 2 rings (SSSR count). The molecule has 0 aliphatic heterocycles.